The SMILES string of the molecule is CCOC(=O)c1c(-c2cc(C)ccc2C)csc1NC(=O)c1sccc1C. The quantitative estimate of drug-likeness (QED) is 0.549. The first kappa shape index (κ1) is 19.3. The largest absolute Gasteiger partial charge is 0.462 e. The average molecular weight is 400 g/mol. The lowest BCUT2D eigenvalue weighted by molar-refractivity contribution is 0.0529. The number of thiophene rings is 2. The molecule has 3 rings (SSSR count). The summed E-state index contributed by atoms with van der Waals surface area (Å²) in [6.07, 6.45) is 0. The summed E-state index contributed by atoms with van der Waals surface area (Å²) in [5.74, 6) is -0.629. The molecule has 2 aromatic heterocycles. The average Bonchev–Trinajstić information content (AvgIpc) is 3.23. The lowest BCUT2D eigenvalue weighted by atomic mass is 9.97. The van der Waals surface area contributed by atoms with Crippen molar-refractivity contribution >= 4 is 39.6 Å². The van der Waals surface area contributed by atoms with Gasteiger partial charge in [0.25, 0.3) is 5.91 Å². The fourth-order valence-corrected chi connectivity index (χ4v) is 4.61. The molecule has 0 saturated carbocycles. The number of aryl methyl sites for hydroxylation is 3. The van der Waals surface area contributed by atoms with E-state index in [0.717, 1.165) is 27.8 Å². The van der Waals surface area contributed by atoms with Crippen molar-refractivity contribution in [1.82, 2.24) is 0 Å². The smallest absolute Gasteiger partial charge is 0.341 e. The van der Waals surface area contributed by atoms with E-state index in [1.807, 2.05) is 49.7 Å². The number of amides is 1. The number of hydrogen-bond acceptors (Lipinski definition) is 5. The molecule has 0 aliphatic heterocycles. The molecule has 3 aromatic rings. The van der Waals surface area contributed by atoms with E-state index in [0.29, 0.717) is 15.4 Å². The summed E-state index contributed by atoms with van der Waals surface area (Å²) >= 11 is 2.73. The minimum Gasteiger partial charge on any atom is -0.462 e. The van der Waals surface area contributed by atoms with Gasteiger partial charge in [0, 0.05) is 10.9 Å². The van der Waals surface area contributed by atoms with Crippen LogP contribution in [-0.2, 0) is 4.74 Å². The van der Waals surface area contributed by atoms with Crippen LogP contribution in [-0.4, -0.2) is 18.5 Å². The lowest BCUT2D eigenvalue weighted by Gasteiger charge is -2.11. The maximum absolute atomic E-state index is 12.7. The van der Waals surface area contributed by atoms with Crippen LogP contribution in [0, 0.1) is 20.8 Å². The summed E-state index contributed by atoms with van der Waals surface area (Å²) in [6, 6.07) is 8.03. The topological polar surface area (TPSA) is 55.4 Å². The second kappa shape index (κ2) is 8.06. The van der Waals surface area contributed by atoms with Crippen molar-refractivity contribution in [2.45, 2.75) is 27.7 Å². The van der Waals surface area contributed by atoms with E-state index in [2.05, 4.69) is 11.4 Å². The molecule has 6 heteroatoms. The predicted octanol–water partition coefficient (Wildman–Crippen LogP) is 5.83. The van der Waals surface area contributed by atoms with Crippen LogP contribution in [0.1, 0.15) is 43.6 Å². The molecule has 0 aliphatic rings. The van der Waals surface area contributed by atoms with Gasteiger partial charge >= 0.3 is 5.97 Å². The Morgan fingerprint density at radius 1 is 1.04 bits per heavy atom. The van der Waals surface area contributed by atoms with Gasteiger partial charge < -0.3 is 10.1 Å². The lowest BCUT2D eigenvalue weighted by Crippen LogP contribution is -2.14. The number of carbonyl (C=O) groups excluding carboxylic acids is 2. The van der Waals surface area contributed by atoms with Gasteiger partial charge in [-0.1, -0.05) is 23.8 Å². The van der Waals surface area contributed by atoms with Crippen molar-refractivity contribution in [1.29, 1.82) is 0 Å². The van der Waals surface area contributed by atoms with Crippen LogP contribution in [0.3, 0.4) is 0 Å². The fourth-order valence-electron chi connectivity index (χ4n) is 2.85. The van der Waals surface area contributed by atoms with Gasteiger partial charge in [-0.05, 0) is 55.8 Å². The zero-order chi connectivity index (χ0) is 19.6. The first-order valence-electron chi connectivity index (χ1n) is 8.64. The summed E-state index contributed by atoms with van der Waals surface area (Å²) in [7, 11) is 0. The predicted molar refractivity (Wildman–Crippen MR) is 112 cm³/mol. The van der Waals surface area contributed by atoms with E-state index in [1.165, 1.54) is 22.7 Å². The molecule has 4 nitrogen and oxygen atoms in total. The standard InChI is InChI=1S/C21H21NO3S2/c1-5-25-21(24)17-16(15-10-12(2)6-7-13(15)3)11-27-20(17)22-19(23)18-14(4)8-9-26-18/h6-11H,5H2,1-4H3,(H,22,23). The van der Waals surface area contributed by atoms with Gasteiger partial charge in [-0.3, -0.25) is 4.79 Å². The number of rotatable bonds is 5. The molecule has 2 heterocycles. The molecule has 0 saturated heterocycles. The zero-order valence-electron chi connectivity index (χ0n) is 15.7. The van der Waals surface area contributed by atoms with E-state index >= 15 is 0 Å². The molecule has 0 spiro atoms. The Morgan fingerprint density at radius 2 is 1.81 bits per heavy atom. The van der Waals surface area contributed by atoms with E-state index in [1.54, 1.807) is 6.92 Å². The number of carbonyl (C=O) groups is 2. The van der Waals surface area contributed by atoms with Gasteiger partial charge in [0.2, 0.25) is 0 Å². The van der Waals surface area contributed by atoms with Gasteiger partial charge in [0.15, 0.2) is 0 Å². The Hall–Kier alpha value is -2.44. The van der Waals surface area contributed by atoms with Gasteiger partial charge in [-0.2, -0.15) is 0 Å². The molecular weight excluding hydrogens is 378 g/mol. The third-order valence-electron chi connectivity index (χ3n) is 4.25. The molecule has 0 fully saturated rings. The molecule has 1 N–H and O–H groups in total. The van der Waals surface area contributed by atoms with Gasteiger partial charge in [-0.25, -0.2) is 4.79 Å². The summed E-state index contributed by atoms with van der Waals surface area (Å²) in [4.78, 5) is 26.0. The first-order chi connectivity index (χ1) is 12.9. The summed E-state index contributed by atoms with van der Waals surface area (Å²) < 4.78 is 5.27. The second-order valence-electron chi connectivity index (χ2n) is 6.28. The number of anilines is 1. The highest BCUT2D eigenvalue weighted by Crippen LogP contribution is 2.38. The molecule has 1 aromatic carbocycles. The van der Waals surface area contributed by atoms with E-state index in [4.69, 9.17) is 4.74 Å². The van der Waals surface area contributed by atoms with Crippen LogP contribution in [0.5, 0.6) is 0 Å². The molecule has 0 bridgehead atoms. The monoisotopic (exact) mass is 399 g/mol. The van der Waals surface area contributed by atoms with E-state index < -0.39 is 5.97 Å². The van der Waals surface area contributed by atoms with Crippen LogP contribution in [0.4, 0.5) is 5.00 Å². The van der Waals surface area contributed by atoms with Crippen LogP contribution in [0.2, 0.25) is 0 Å². The van der Waals surface area contributed by atoms with Gasteiger partial charge in [0.1, 0.15) is 10.6 Å². The minimum atomic E-state index is -0.423. The normalized spacial score (nSPS) is 10.7. The maximum Gasteiger partial charge on any atom is 0.341 e. The van der Waals surface area contributed by atoms with Crippen molar-refractivity contribution in [3.8, 4) is 11.1 Å². The Labute approximate surface area is 166 Å². The molecule has 0 aliphatic carbocycles. The molecule has 27 heavy (non-hydrogen) atoms. The van der Waals surface area contributed by atoms with Crippen molar-refractivity contribution in [3.63, 3.8) is 0 Å². The Balaban J connectivity index is 2.06. The molecule has 140 valence electrons. The van der Waals surface area contributed by atoms with Crippen LogP contribution in [0.15, 0.2) is 35.0 Å². The fraction of sp³-hybridized carbons (Fsp3) is 0.238. The van der Waals surface area contributed by atoms with Crippen LogP contribution >= 0.6 is 22.7 Å². The Bertz CT molecular complexity index is 1000. The van der Waals surface area contributed by atoms with Gasteiger partial charge in [-0.15, -0.1) is 22.7 Å². The van der Waals surface area contributed by atoms with Crippen molar-refractivity contribution in [3.05, 3.63) is 62.2 Å². The van der Waals surface area contributed by atoms with Crippen LogP contribution in [0.25, 0.3) is 11.1 Å². The highest BCUT2D eigenvalue weighted by Gasteiger charge is 2.24. The number of ether oxygens (including phenoxy) is 1. The third kappa shape index (κ3) is 3.96. The number of benzene rings is 1. The molecular formula is C21H21NO3S2. The summed E-state index contributed by atoms with van der Waals surface area (Å²) in [5.41, 5.74) is 5.27. The second-order valence-corrected chi connectivity index (χ2v) is 8.07. The van der Waals surface area contributed by atoms with E-state index in [-0.39, 0.29) is 12.5 Å². The highest BCUT2D eigenvalue weighted by molar-refractivity contribution is 7.15. The van der Waals surface area contributed by atoms with Crippen molar-refractivity contribution in [2.75, 3.05) is 11.9 Å². The van der Waals surface area contributed by atoms with Gasteiger partial charge in [0.05, 0.1) is 11.5 Å². The molecule has 0 radical (unpaired) electrons. The Morgan fingerprint density at radius 3 is 2.48 bits per heavy atom. The van der Waals surface area contributed by atoms with E-state index in [9.17, 15) is 9.59 Å². The summed E-state index contributed by atoms with van der Waals surface area (Å²) in [5, 5.41) is 7.21. The maximum atomic E-state index is 12.7. The third-order valence-corrected chi connectivity index (χ3v) is 6.16. The number of esters is 1. The molecule has 0 unspecified atom stereocenters. The summed E-state index contributed by atoms with van der Waals surface area (Å²) in [6.45, 7) is 7.97. The van der Waals surface area contributed by atoms with Crippen molar-refractivity contribution in [2.24, 2.45) is 0 Å². The highest BCUT2D eigenvalue weighted by atomic mass is 32.1. The Kier molecular flexibility index (Phi) is 5.77. The molecule has 1 amide bonds. The van der Waals surface area contributed by atoms with Crippen LogP contribution < -0.4 is 5.32 Å². The first-order valence-corrected chi connectivity index (χ1v) is 10.4. The number of nitrogens with one attached hydrogen (secondary N) is 1. The zero-order valence-corrected chi connectivity index (χ0v) is 17.3. The van der Waals surface area contributed by atoms with Crippen molar-refractivity contribution < 1.29 is 14.3 Å². The molecule has 0 atom stereocenters. The minimum absolute atomic E-state index is 0.206. The number of hydrogen-bond donors (Lipinski definition) is 1.